The second kappa shape index (κ2) is 8.12. The van der Waals surface area contributed by atoms with Crippen molar-refractivity contribution in [1.82, 2.24) is 15.0 Å². The summed E-state index contributed by atoms with van der Waals surface area (Å²) in [7, 11) is 0. The molecule has 0 bridgehead atoms. The molecule has 2 aromatic carbocycles. The molecule has 0 aliphatic carbocycles. The van der Waals surface area contributed by atoms with Gasteiger partial charge in [-0.05, 0) is 55.0 Å². The molecular weight excluding hydrogens is 368 g/mol. The van der Waals surface area contributed by atoms with Crippen LogP contribution in [-0.4, -0.2) is 33.2 Å². The number of H-pyrrole nitrogens is 1. The first-order chi connectivity index (χ1) is 14.1. The third kappa shape index (κ3) is 4.09. The number of nitrogens with zero attached hydrogens (tertiary/aromatic N) is 3. The average Bonchev–Trinajstić information content (AvgIpc) is 2.73. The number of rotatable bonds is 6. The zero-order valence-corrected chi connectivity index (χ0v) is 15.9. The van der Waals surface area contributed by atoms with E-state index in [1.807, 2.05) is 42.2 Å². The highest BCUT2D eigenvalue weighted by Gasteiger charge is 2.10. The Morgan fingerprint density at radius 3 is 2.69 bits per heavy atom. The van der Waals surface area contributed by atoms with Crippen LogP contribution in [0, 0.1) is 6.92 Å². The second-order valence-electron chi connectivity index (χ2n) is 6.57. The quantitative estimate of drug-likeness (QED) is 0.525. The van der Waals surface area contributed by atoms with E-state index in [4.69, 9.17) is 4.74 Å². The van der Waals surface area contributed by atoms with Crippen molar-refractivity contribution in [1.29, 1.82) is 0 Å². The molecule has 29 heavy (non-hydrogen) atoms. The Balaban J connectivity index is 1.59. The number of hydrogen-bond acceptors (Lipinski definition) is 6. The van der Waals surface area contributed by atoms with Gasteiger partial charge in [-0.25, -0.2) is 0 Å². The Kier molecular flexibility index (Phi) is 5.22. The van der Waals surface area contributed by atoms with Crippen LogP contribution in [0.25, 0.3) is 10.9 Å². The number of aliphatic hydroxyl groups is 1. The molecule has 7 nitrogen and oxygen atoms in total. The number of nitrogens with one attached hydrogen (secondary N) is 1. The minimum absolute atomic E-state index is 0.0302. The second-order valence-corrected chi connectivity index (χ2v) is 6.57. The zero-order chi connectivity index (χ0) is 20.2. The van der Waals surface area contributed by atoms with E-state index in [-0.39, 0.29) is 18.2 Å². The van der Waals surface area contributed by atoms with E-state index in [1.54, 1.807) is 24.4 Å². The number of aromatic amines is 1. The smallest absolute Gasteiger partial charge is 0.302 e. The summed E-state index contributed by atoms with van der Waals surface area (Å²) in [5, 5.41) is 9.94. The molecular formula is C22H20N4O3. The largest absolute Gasteiger partial charge is 0.426 e. The highest BCUT2D eigenvalue weighted by molar-refractivity contribution is 5.76. The Bertz CT molecular complexity index is 1190. The summed E-state index contributed by atoms with van der Waals surface area (Å²) in [4.78, 5) is 25.1. The van der Waals surface area contributed by atoms with Crippen LogP contribution in [0.2, 0.25) is 0 Å². The fourth-order valence-electron chi connectivity index (χ4n) is 3.13. The maximum absolute atomic E-state index is 12.2. The molecule has 0 unspecified atom stereocenters. The minimum atomic E-state index is -0.280. The van der Waals surface area contributed by atoms with Gasteiger partial charge in [0.2, 0.25) is 0 Å². The monoisotopic (exact) mass is 388 g/mol. The molecule has 0 aliphatic rings. The van der Waals surface area contributed by atoms with E-state index < -0.39 is 0 Å². The van der Waals surface area contributed by atoms with Crippen molar-refractivity contribution in [2.45, 2.75) is 6.92 Å². The number of aliphatic hydroxyl groups excluding tert-OH is 1. The maximum atomic E-state index is 12.2. The number of hydrogen-bond donors (Lipinski definition) is 2. The van der Waals surface area contributed by atoms with Crippen molar-refractivity contribution < 1.29 is 9.84 Å². The fraction of sp³-hybridized carbons (Fsp3) is 0.136. The number of anilines is 2. The lowest BCUT2D eigenvalue weighted by Gasteiger charge is -2.24. The van der Waals surface area contributed by atoms with Gasteiger partial charge in [0.05, 0.1) is 23.7 Å². The molecule has 0 saturated carbocycles. The van der Waals surface area contributed by atoms with Crippen molar-refractivity contribution >= 4 is 22.3 Å². The molecule has 2 heterocycles. The summed E-state index contributed by atoms with van der Waals surface area (Å²) >= 11 is 0. The summed E-state index contributed by atoms with van der Waals surface area (Å²) in [6, 6.07) is 17.2. The van der Waals surface area contributed by atoms with E-state index in [2.05, 4.69) is 21.0 Å². The number of benzene rings is 2. The molecule has 146 valence electrons. The van der Waals surface area contributed by atoms with Crippen LogP contribution in [0.1, 0.15) is 5.56 Å². The number of aromatic nitrogens is 3. The standard InChI is InChI=1S/C22H20N4O3/c1-15-3-2-4-17(13-15)26(11-12-27)16-5-7-18(8-6-16)29-22-24-20-14-23-10-9-19(20)21(28)25-22/h2-10,13-14,27H,11-12H2,1H3,(H,24,25,28). The van der Waals surface area contributed by atoms with Crippen molar-refractivity contribution in [3.63, 3.8) is 0 Å². The van der Waals surface area contributed by atoms with Gasteiger partial charge in [-0.2, -0.15) is 4.98 Å². The van der Waals surface area contributed by atoms with Gasteiger partial charge in [0.1, 0.15) is 5.75 Å². The molecule has 4 rings (SSSR count). The first kappa shape index (κ1) is 18.6. The summed E-state index contributed by atoms with van der Waals surface area (Å²) < 4.78 is 5.72. The molecule has 2 aromatic heterocycles. The van der Waals surface area contributed by atoms with Crippen LogP contribution in [0.3, 0.4) is 0 Å². The van der Waals surface area contributed by atoms with Gasteiger partial charge in [0, 0.05) is 24.1 Å². The lowest BCUT2D eigenvalue weighted by Crippen LogP contribution is -2.21. The molecule has 0 spiro atoms. The molecule has 0 radical (unpaired) electrons. The summed E-state index contributed by atoms with van der Waals surface area (Å²) in [5.74, 6) is 0.535. The Hall–Kier alpha value is -3.71. The van der Waals surface area contributed by atoms with Crippen molar-refractivity contribution in [2.75, 3.05) is 18.1 Å². The van der Waals surface area contributed by atoms with E-state index in [9.17, 15) is 9.90 Å². The lowest BCUT2D eigenvalue weighted by atomic mass is 10.2. The number of pyridine rings is 1. The molecule has 0 atom stereocenters. The highest BCUT2D eigenvalue weighted by atomic mass is 16.5. The molecule has 0 fully saturated rings. The highest BCUT2D eigenvalue weighted by Crippen LogP contribution is 2.28. The third-order valence-corrected chi connectivity index (χ3v) is 4.49. The van der Waals surface area contributed by atoms with Gasteiger partial charge in [-0.3, -0.25) is 14.8 Å². The van der Waals surface area contributed by atoms with Crippen LogP contribution in [0.4, 0.5) is 11.4 Å². The van der Waals surface area contributed by atoms with E-state index in [1.165, 1.54) is 6.20 Å². The Morgan fingerprint density at radius 1 is 1.10 bits per heavy atom. The first-order valence-corrected chi connectivity index (χ1v) is 9.21. The summed E-state index contributed by atoms with van der Waals surface area (Å²) in [6.45, 7) is 2.53. The summed E-state index contributed by atoms with van der Waals surface area (Å²) in [6.07, 6.45) is 3.07. The predicted molar refractivity (Wildman–Crippen MR) is 112 cm³/mol. The molecule has 4 aromatic rings. The average molecular weight is 388 g/mol. The first-order valence-electron chi connectivity index (χ1n) is 9.21. The Labute approximate surface area is 167 Å². The molecule has 0 saturated heterocycles. The normalized spacial score (nSPS) is 10.8. The predicted octanol–water partition coefficient (Wildman–Crippen LogP) is 3.55. The fourth-order valence-corrected chi connectivity index (χ4v) is 3.13. The van der Waals surface area contributed by atoms with Gasteiger partial charge in [-0.1, -0.05) is 12.1 Å². The van der Waals surface area contributed by atoms with Crippen LogP contribution in [0.5, 0.6) is 11.8 Å². The van der Waals surface area contributed by atoms with Gasteiger partial charge in [-0.15, -0.1) is 0 Å². The lowest BCUT2D eigenvalue weighted by molar-refractivity contribution is 0.305. The van der Waals surface area contributed by atoms with Crippen LogP contribution in [-0.2, 0) is 0 Å². The van der Waals surface area contributed by atoms with Gasteiger partial charge in [0.15, 0.2) is 0 Å². The van der Waals surface area contributed by atoms with Gasteiger partial charge < -0.3 is 14.7 Å². The van der Waals surface area contributed by atoms with Gasteiger partial charge >= 0.3 is 6.01 Å². The maximum Gasteiger partial charge on any atom is 0.302 e. The molecule has 7 heteroatoms. The zero-order valence-electron chi connectivity index (χ0n) is 15.9. The van der Waals surface area contributed by atoms with Crippen molar-refractivity contribution in [2.24, 2.45) is 0 Å². The third-order valence-electron chi connectivity index (χ3n) is 4.49. The number of ether oxygens (including phenoxy) is 1. The number of aryl methyl sites for hydroxylation is 1. The molecule has 0 amide bonds. The van der Waals surface area contributed by atoms with Gasteiger partial charge in [0.25, 0.3) is 5.56 Å². The topological polar surface area (TPSA) is 91.3 Å². The molecule has 2 N–H and O–H groups in total. The summed E-state index contributed by atoms with van der Waals surface area (Å²) in [5.41, 5.74) is 3.25. The minimum Gasteiger partial charge on any atom is -0.426 e. The van der Waals surface area contributed by atoms with Crippen LogP contribution < -0.4 is 15.2 Å². The number of fused-ring (bicyclic) bond motifs is 1. The SMILES string of the molecule is Cc1cccc(N(CCO)c2ccc(Oc3nc4cnccc4c(=O)[nH]3)cc2)c1. The van der Waals surface area contributed by atoms with E-state index >= 15 is 0 Å². The Morgan fingerprint density at radius 2 is 1.93 bits per heavy atom. The van der Waals surface area contributed by atoms with E-state index in [0.29, 0.717) is 23.2 Å². The van der Waals surface area contributed by atoms with Crippen LogP contribution in [0.15, 0.2) is 71.8 Å². The van der Waals surface area contributed by atoms with Crippen LogP contribution >= 0.6 is 0 Å². The van der Waals surface area contributed by atoms with Crippen molar-refractivity contribution in [3.8, 4) is 11.8 Å². The molecule has 0 aliphatic heterocycles. The van der Waals surface area contributed by atoms with E-state index in [0.717, 1.165) is 16.9 Å². The van der Waals surface area contributed by atoms with Crippen molar-refractivity contribution in [3.05, 3.63) is 82.9 Å².